The van der Waals surface area contributed by atoms with E-state index in [1.807, 2.05) is 12.1 Å². The molecule has 1 aromatic carbocycles. The van der Waals surface area contributed by atoms with E-state index in [1.54, 1.807) is 7.11 Å². The molecule has 0 aliphatic carbocycles. The molecule has 2 aliphatic heterocycles. The van der Waals surface area contributed by atoms with Crippen LogP contribution in [0.3, 0.4) is 0 Å². The summed E-state index contributed by atoms with van der Waals surface area (Å²) in [5.41, 5.74) is 2.03. The number of nitrogens with zero attached hydrogens (tertiary/aromatic N) is 2. The van der Waals surface area contributed by atoms with Crippen LogP contribution in [-0.4, -0.2) is 65.4 Å². The molecular weight excluding hydrogens is 292 g/mol. The Balaban J connectivity index is 1.73. The van der Waals surface area contributed by atoms with E-state index >= 15 is 0 Å². The number of fused-ring (bicyclic) bond motifs is 1. The summed E-state index contributed by atoms with van der Waals surface area (Å²) < 4.78 is 5.28. The molecule has 2 heterocycles. The van der Waals surface area contributed by atoms with Crippen molar-refractivity contribution < 1.29 is 14.9 Å². The van der Waals surface area contributed by atoms with Crippen LogP contribution in [0.1, 0.15) is 30.4 Å². The molecule has 2 saturated heterocycles. The van der Waals surface area contributed by atoms with Crippen LogP contribution in [0, 0.1) is 0 Å². The number of benzene rings is 1. The van der Waals surface area contributed by atoms with Gasteiger partial charge in [0, 0.05) is 43.9 Å². The fourth-order valence-electron chi connectivity index (χ4n) is 4.05. The second kappa shape index (κ2) is 7.62. The number of aliphatic hydroxyl groups is 2. The number of aliphatic hydroxyl groups excluding tert-OH is 2. The molecule has 2 aliphatic rings. The molecule has 3 rings (SSSR count). The average molecular weight is 320 g/mol. The van der Waals surface area contributed by atoms with Gasteiger partial charge in [-0.25, -0.2) is 0 Å². The highest BCUT2D eigenvalue weighted by molar-refractivity contribution is 5.36. The lowest BCUT2D eigenvalue weighted by molar-refractivity contribution is 0.0333. The molecule has 0 aromatic heterocycles. The van der Waals surface area contributed by atoms with Gasteiger partial charge >= 0.3 is 0 Å². The van der Waals surface area contributed by atoms with Gasteiger partial charge in [-0.2, -0.15) is 0 Å². The van der Waals surface area contributed by atoms with E-state index in [4.69, 9.17) is 4.74 Å². The van der Waals surface area contributed by atoms with Gasteiger partial charge < -0.3 is 14.9 Å². The van der Waals surface area contributed by atoms with E-state index in [2.05, 4.69) is 15.9 Å². The first-order chi connectivity index (χ1) is 11.2. The summed E-state index contributed by atoms with van der Waals surface area (Å²) >= 11 is 0. The van der Waals surface area contributed by atoms with Gasteiger partial charge in [0.05, 0.1) is 13.7 Å². The van der Waals surface area contributed by atoms with Crippen LogP contribution in [-0.2, 0) is 13.2 Å². The summed E-state index contributed by atoms with van der Waals surface area (Å²) in [7, 11) is 1.63. The molecule has 5 nitrogen and oxygen atoms in total. The van der Waals surface area contributed by atoms with Crippen LogP contribution in [0.2, 0.25) is 0 Å². The zero-order valence-electron chi connectivity index (χ0n) is 13.9. The normalized spacial score (nSPS) is 25.5. The van der Waals surface area contributed by atoms with Gasteiger partial charge in [0.1, 0.15) is 5.75 Å². The number of rotatable bonds is 6. The molecule has 2 fully saturated rings. The third-order valence-corrected chi connectivity index (χ3v) is 5.27. The molecule has 0 saturated carbocycles. The van der Waals surface area contributed by atoms with Crippen molar-refractivity contribution in [3.8, 4) is 5.75 Å². The van der Waals surface area contributed by atoms with Crippen LogP contribution < -0.4 is 4.74 Å². The van der Waals surface area contributed by atoms with Gasteiger partial charge in [-0.15, -0.1) is 0 Å². The lowest BCUT2D eigenvalue weighted by Crippen LogP contribution is -2.55. The predicted octanol–water partition coefficient (Wildman–Crippen LogP) is 1.22. The standard InChI is InChI=1S/C18H28N2O3/c1-23-18-5-4-14(9-15(18)13-22)10-20-12-16-3-2-7-19(16)11-17(20)6-8-21/h4-5,9,16-17,21-22H,2-3,6-8,10-13H2,1H3/t16?,17-/m0/s1. The van der Waals surface area contributed by atoms with Crippen LogP contribution in [0.5, 0.6) is 5.75 Å². The molecule has 0 amide bonds. The van der Waals surface area contributed by atoms with Crippen molar-refractivity contribution in [3.05, 3.63) is 29.3 Å². The Labute approximate surface area is 138 Å². The lowest BCUT2D eigenvalue weighted by Gasteiger charge is -2.43. The Bertz CT molecular complexity index is 523. The van der Waals surface area contributed by atoms with Crippen molar-refractivity contribution in [2.45, 2.75) is 44.5 Å². The average Bonchev–Trinajstić information content (AvgIpc) is 3.02. The zero-order valence-corrected chi connectivity index (χ0v) is 13.9. The van der Waals surface area contributed by atoms with Crippen molar-refractivity contribution in [2.24, 2.45) is 0 Å². The van der Waals surface area contributed by atoms with Gasteiger partial charge in [-0.1, -0.05) is 6.07 Å². The summed E-state index contributed by atoms with van der Waals surface area (Å²) in [6.45, 7) is 4.45. The smallest absolute Gasteiger partial charge is 0.124 e. The van der Waals surface area contributed by atoms with Gasteiger partial charge in [0.25, 0.3) is 0 Å². The van der Waals surface area contributed by atoms with E-state index in [-0.39, 0.29) is 13.2 Å². The third kappa shape index (κ3) is 3.69. The summed E-state index contributed by atoms with van der Waals surface area (Å²) in [5.74, 6) is 0.740. The van der Waals surface area contributed by atoms with Crippen LogP contribution in [0.15, 0.2) is 18.2 Å². The molecule has 0 radical (unpaired) electrons. The Hall–Kier alpha value is -1.14. The van der Waals surface area contributed by atoms with Crippen LogP contribution in [0.4, 0.5) is 0 Å². The minimum atomic E-state index is -0.00646. The number of hydrogen-bond donors (Lipinski definition) is 2. The molecule has 1 aromatic rings. The molecule has 2 atom stereocenters. The van der Waals surface area contributed by atoms with Gasteiger partial charge in [0.2, 0.25) is 0 Å². The van der Waals surface area contributed by atoms with E-state index in [1.165, 1.54) is 24.9 Å². The second-order valence-corrected chi connectivity index (χ2v) is 6.69. The highest BCUT2D eigenvalue weighted by atomic mass is 16.5. The summed E-state index contributed by atoms with van der Waals surface area (Å²) in [4.78, 5) is 5.09. The molecule has 5 heteroatoms. The maximum atomic E-state index is 9.51. The predicted molar refractivity (Wildman–Crippen MR) is 89.4 cm³/mol. The molecular formula is C18H28N2O3. The molecule has 0 bridgehead atoms. The summed E-state index contributed by atoms with van der Waals surface area (Å²) in [6.07, 6.45) is 3.40. The SMILES string of the molecule is COc1ccc(CN2CC3CCCN3C[C@@H]2CCO)cc1CO. The number of hydrogen-bond acceptors (Lipinski definition) is 5. The summed E-state index contributed by atoms with van der Waals surface area (Å²) in [5, 5.41) is 18.9. The van der Waals surface area contributed by atoms with E-state index in [9.17, 15) is 10.2 Å². The fraction of sp³-hybridized carbons (Fsp3) is 0.667. The van der Waals surface area contributed by atoms with Crippen molar-refractivity contribution in [2.75, 3.05) is 33.4 Å². The molecule has 0 spiro atoms. The van der Waals surface area contributed by atoms with Gasteiger partial charge in [0.15, 0.2) is 0 Å². The summed E-state index contributed by atoms with van der Waals surface area (Å²) in [6, 6.07) is 7.13. The first-order valence-corrected chi connectivity index (χ1v) is 8.60. The second-order valence-electron chi connectivity index (χ2n) is 6.69. The van der Waals surface area contributed by atoms with Gasteiger partial charge in [-0.05, 0) is 43.5 Å². The highest BCUT2D eigenvalue weighted by Gasteiger charge is 2.35. The van der Waals surface area contributed by atoms with E-state index in [0.717, 1.165) is 37.4 Å². The van der Waals surface area contributed by atoms with Gasteiger partial charge in [-0.3, -0.25) is 9.80 Å². The quantitative estimate of drug-likeness (QED) is 0.825. The highest BCUT2D eigenvalue weighted by Crippen LogP contribution is 2.28. The lowest BCUT2D eigenvalue weighted by atomic mass is 10.0. The van der Waals surface area contributed by atoms with Crippen LogP contribution in [0.25, 0.3) is 0 Å². The number of piperazine rings is 1. The number of ether oxygens (including phenoxy) is 1. The molecule has 23 heavy (non-hydrogen) atoms. The maximum Gasteiger partial charge on any atom is 0.124 e. The third-order valence-electron chi connectivity index (χ3n) is 5.27. The fourth-order valence-corrected chi connectivity index (χ4v) is 4.05. The number of methoxy groups -OCH3 is 1. The largest absolute Gasteiger partial charge is 0.496 e. The zero-order chi connectivity index (χ0) is 16.2. The minimum Gasteiger partial charge on any atom is -0.496 e. The monoisotopic (exact) mass is 320 g/mol. The Kier molecular flexibility index (Phi) is 5.54. The van der Waals surface area contributed by atoms with E-state index in [0.29, 0.717) is 12.1 Å². The molecule has 1 unspecified atom stereocenters. The Morgan fingerprint density at radius 1 is 1.26 bits per heavy atom. The molecule has 2 N–H and O–H groups in total. The van der Waals surface area contributed by atoms with Crippen molar-refractivity contribution in [3.63, 3.8) is 0 Å². The van der Waals surface area contributed by atoms with Crippen LogP contribution >= 0.6 is 0 Å². The van der Waals surface area contributed by atoms with Crippen molar-refractivity contribution >= 4 is 0 Å². The first-order valence-electron chi connectivity index (χ1n) is 8.60. The van der Waals surface area contributed by atoms with Crippen molar-refractivity contribution in [1.82, 2.24) is 9.80 Å². The maximum absolute atomic E-state index is 9.51. The van der Waals surface area contributed by atoms with Crippen molar-refractivity contribution in [1.29, 1.82) is 0 Å². The van der Waals surface area contributed by atoms with E-state index < -0.39 is 0 Å². The topological polar surface area (TPSA) is 56.2 Å². The minimum absolute atomic E-state index is 0.00646. The first kappa shape index (κ1) is 16.7. The molecule has 128 valence electrons. The Morgan fingerprint density at radius 3 is 2.87 bits per heavy atom. The Morgan fingerprint density at radius 2 is 2.13 bits per heavy atom.